The number of urea groups is 1. The lowest BCUT2D eigenvalue weighted by Crippen LogP contribution is -2.38. The Bertz CT molecular complexity index is 907. The Morgan fingerprint density at radius 1 is 1.19 bits per heavy atom. The topological polar surface area (TPSA) is 78.5 Å². The molecule has 0 saturated carbocycles. The van der Waals surface area contributed by atoms with E-state index < -0.39 is 30.2 Å². The number of imide groups is 1. The van der Waals surface area contributed by atoms with Crippen LogP contribution in [-0.2, 0) is 9.59 Å². The molecule has 7 heteroatoms. The van der Waals surface area contributed by atoms with Gasteiger partial charge in [-0.15, -0.1) is 0 Å². The average molecular weight is 353 g/mol. The normalized spacial score (nSPS) is 15.3. The van der Waals surface area contributed by atoms with E-state index in [1.54, 1.807) is 18.2 Å². The van der Waals surface area contributed by atoms with Gasteiger partial charge in [-0.2, -0.15) is 0 Å². The SMILES string of the molecule is Cc1cccc(NC(=O)CN2C(=O)N/C(=C\c3ccc(F)cc3)C2=O)c1. The van der Waals surface area contributed by atoms with Crippen molar-refractivity contribution in [2.45, 2.75) is 6.92 Å². The highest BCUT2D eigenvalue weighted by atomic mass is 19.1. The molecule has 1 heterocycles. The van der Waals surface area contributed by atoms with E-state index in [-0.39, 0.29) is 5.70 Å². The van der Waals surface area contributed by atoms with Crippen molar-refractivity contribution >= 4 is 29.6 Å². The standard InChI is InChI=1S/C19H16FN3O3/c1-12-3-2-4-15(9-12)21-17(24)11-23-18(25)16(22-19(23)26)10-13-5-7-14(20)8-6-13/h2-10H,11H2,1H3,(H,21,24)(H,22,26)/b16-10-. The summed E-state index contributed by atoms with van der Waals surface area (Å²) in [4.78, 5) is 37.3. The molecule has 4 amide bonds. The molecule has 0 aliphatic carbocycles. The van der Waals surface area contributed by atoms with Gasteiger partial charge in [0.25, 0.3) is 5.91 Å². The number of aryl methyl sites for hydroxylation is 1. The Morgan fingerprint density at radius 3 is 2.62 bits per heavy atom. The predicted octanol–water partition coefficient (Wildman–Crippen LogP) is 2.67. The lowest BCUT2D eigenvalue weighted by Gasteiger charge is -2.12. The quantitative estimate of drug-likeness (QED) is 0.655. The van der Waals surface area contributed by atoms with Crippen LogP contribution < -0.4 is 10.6 Å². The van der Waals surface area contributed by atoms with Gasteiger partial charge >= 0.3 is 6.03 Å². The maximum Gasteiger partial charge on any atom is 0.329 e. The van der Waals surface area contributed by atoms with Gasteiger partial charge in [-0.1, -0.05) is 24.3 Å². The molecule has 0 aromatic heterocycles. The third-order valence-corrected chi connectivity index (χ3v) is 3.75. The molecule has 2 N–H and O–H groups in total. The Balaban J connectivity index is 1.69. The third-order valence-electron chi connectivity index (χ3n) is 3.75. The van der Waals surface area contributed by atoms with Gasteiger partial charge in [-0.25, -0.2) is 14.1 Å². The summed E-state index contributed by atoms with van der Waals surface area (Å²) in [5.74, 6) is -1.50. The number of nitrogens with one attached hydrogen (secondary N) is 2. The van der Waals surface area contributed by atoms with Crippen LogP contribution in [0.2, 0.25) is 0 Å². The number of halogens is 1. The molecule has 0 unspecified atom stereocenters. The van der Waals surface area contributed by atoms with Crippen LogP contribution in [0.15, 0.2) is 54.2 Å². The molecule has 132 valence electrons. The minimum atomic E-state index is -0.678. The zero-order chi connectivity index (χ0) is 18.7. The molecule has 1 aliphatic heterocycles. The molecule has 1 saturated heterocycles. The van der Waals surface area contributed by atoms with Gasteiger partial charge in [0.2, 0.25) is 5.91 Å². The van der Waals surface area contributed by atoms with Crippen LogP contribution in [0.5, 0.6) is 0 Å². The Morgan fingerprint density at radius 2 is 1.92 bits per heavy atom. The van der Waals surface area contributed by atoms with Gasteiger partial charge < -0.3 is 10.6 Å². The fraction of sp³-hybridized carbons (Fsp3) is 0.105. The Labute approximate surface area is 149 Å². The van der Waals surface area contributed by atoms with Crippen molar-refractivity contribution in [3.05, 3.63) is 71.2 Å². The lowest BCUT2D eigenvalue weighted by atomic mass is 10.2. The summed E-state index contributed by atoms with van der Waals surface area (Å²) in [5.41, 5.74) is 2.15. The molecule has 0 bridgehead atoms. The monoisotopic (exact) mass is 353 g/mol. The molecular weight excluding hydrogens is 337 g/mol. The van der Waals surface area contributed by atoms with Crippen LogP contribution in [0.3, 0.4) is 0 Å². The Kier molecular flexibility index (Phi) is 4.79. The molecule has 2 aromatic carbocycles. The maximum absolute atomic E-state index is 12.9. The summed E-state index contributed by atoms with van der Waals surface area (Å²) >= 11 is 0. The second-order valence-corrected chi connectivity index (χ2v) is 5.85. The van der Waals surface area contributed by atoms with Crippen LogP contribution in [0, 0.1) is 12.7 Å². The second-order valence-electron chi connectivity index (χ2n) is 5.85. The molecule has 0 spiro atoms. The predicted molar refractivity (Wildman–Crippen MR) is 94.4 cm³/mol. The van der Waals surface area contributed by atoms with Crippen molar-refractivity contribution in [3.8, 4) is 0 Å². The van der Waals surface area contributed by atoms with Gasteiger partial charge in [0.1, 0.15) is 18.1 Å². The van der Waals surface area contributed by atoms with E-state index in [0.717, 1.165) is 10.5 Å². The van der Waals surface area contributed by atoms with Crippen LogP contribution in [0.1, 0.15) is 11.1 Å². The van der Waals surface area contributed by atoms with Crippen molar-refractivity contribution in [2.24, 2.45) is 0 Å². The Hall–Kier alpha value is -3.48. The first-order valence-electron chi connectivity index (χ1n) is 7.89. The van der Waals surface area contributed by atoms with Crippen molar-refractivity contribution in [1.29, 1.82) is 0 Å². The van der Waals surface area contributed by atoms with Crippen molar-refractivity contribution in [2.75, 3.05) is 11.9 Å². The molecular formula is C19H16FN3O3. The van der Waals surface area contributed by atoms with E-state index in [1.165, 1.54) is 30.3 Å². The summed E-state index contributed by atoms with van der Waals surface area (Å²) < 4.78 is 12.9. The summed E-state index contributed by atoms with van der Waals surface area (Å²) in [6.07, 6.45) is 1.43. The first-order chi connectivity index (χ1) is 12.4. The first-order valence-corrected chi connectivity index (χ1v) is 7.89. The smallest absolute Gasteiger partial charge is 0.325 e. The summed E-state index contributed by atoms with van der Waals surface area (Å²) in [7, 11) is 0. The van der Waals surface area contributed by atoms with Crippen molar-refractivity contribution in [1.82, 2.24) is 10.2 Å². The van der Waals surface area contributed by atoms with Crippen LogP contribution in [-0.4, -0.2) is 29.3 Å². The number of rotatable bonds is 4. The fourth-order valence-corrected chi connectivity index (χ4v) is 2.51. The van der Waals surface area contributed by atoms with Gasteiger partial charge in [-0.3, -0.25) is 9.59 Å². The highest BCUT2D eigenvalue weighted by Gasteiger charge is 2.34. The molecule has 1 fully saturated rings. The third kappa shape index (κ3) is 3.94. The molecule has 0 atom stereocenters. The van der Waals surface area contributed by atoms with Crippen LogP contribution in [0.4, 0.5) is 14.9 Å². The number of benzene rings is 2. The average Bonchev–Trinajstić information content (AvgIpc) is 2.84. The van der Waals surface area contributed by atoms with E-state index in [1.807, 2.05) is 13.0 Å². The van der Waals surface area contributed by atoms with Gasteiger partial charge in [0.05, 0.1) is 0 Å². The van der Waals surface area contributed by atoms with Crippen LogP contribution in [0.25, 0.3) is 6.08 Å². The summed E-state index contributed by atoms with van der Waals surface area (Å²) in [5, 5.41) is 5.07. The molecule has 1 aliphatic rings. The number of anilines is 1. The summed E-state index contributed by atoms with van der Waals surface area (Å²) in [6.45, 7) is 1.49. The van der Waals surface area contributed by atoms with E-state index in [4.69, 9.17) is 0 Å². The van der Waals surface area contributed by atoms with Gasteiger partial charge in [0, 0.05) is 5.69 Å². The maximum atomic E-state index is 12.9. The van der Waals surface area contributed by atoms with Crippen LogP contribution >= 0.6 is 0 Å². The summed E-state index contributed by atoms with van der Waals surface area (Å²) in [6, 6.07) is 12.0. The number of carbonyl (C=O) groups excluding carboxylic acids is 3. The van der Waals surface area contributed by atoms with E-state index in [0.29, 0.717) is 11.3 Å². The lowest BCUT2D eigenvalue weighted by molar-refractivity contribution is -0.127. The number of carbonyl (C=O) groups is 3. The number of nitrogens with zero attached hydrogens (tertiary/aromatic N) is 1. The van der Waals surface area contributed by atoms with E-state index in [9.17, 15) is 18.8 Å². The molecule has 3 rings (SSSR count). The molecule has 2 aromatic rings. The minimum Gasteiger partial charge on any atom is -0.325 e. The molecule has 6 nitrogen and oxygen atoms in total. The number of amides is 4. The fourth-order valence-electron chi connectivity index (χ4n) is 2.51. The first kappa shape index (κ1) is 17.3. The molecule has 26 heavy (non-hydrogen) atoms. The zero-order valence-electron chi connectivity index (χ0n) is 14.0. The number of hydrogen-bond acceptors (Lipinski definition) is 3. The minimum absolute atomic E-state index is 0.0324. The van der Waals surface area contributed by atoms with Gasteiger partial charge in [-0.05, 0) is 48.4 Å². The molecule has 0 radical (unpaired) electrons. The van der Waals surface area contributed by atoms with Crippen molar-refractivity contribution in [3.63, 3.8) is 0 Å². The zero-order valence-corrected chi connectivity index (χ0v) is 14.0. The van der Waals surface area contributed by atoms with Gasteiger partial charge in [0.15, 0.2) is 0 Å². The largest absolute Gasteiger partial charge is 0.329 e. The highest BCUT2D eigenvalue weighted by Crippen LogP contribution is 2.15. The van der Waals surface area contributed by atoms with E-state index >= 15 is 0 Å². The highest BCUT2D eigenvalue weighted by molar-refractivity contribution is 6.15. The second kappa shape index (κ2) is 7.18. The van der Waals surface area contributed by atoms with Crippen molar-refractivity contribution < 1.29 is 18.8 Å². The number of hydrogen-bond donors (Lipinski definition) is 2. The van der Waals surface area contributed by atoms with E-state index in [2.05, 4.69) is 10.6 Å².